The lowest BCUT2D eigenvalue weighted by atomic mass is 10.4. The molecule has 0 aromatic heterocycles. The molecule has 0 radical (unpaired) electrons. The summed E-state index contributed by atoms with van der Waals surface area (Å²) >= 11 is 0. The zero-order valence-corrected chi connectivity index (χ0v) is 10.0. The van der Waals surface area contributed by atoms with E-state index in [1.165, 1.54) is 38.0 Å². The molecule has 1 nitrogen and oxygen atoms in total. The number of hydrogen-bond acceptors (Lipinski definition) is 1. The van der Waals surface area contributed by atoms with Gasteiger partial charge in [0.2, 0.25) is 0 Å². The van der Waals surface area contributed by atoms with Gasteiger partial charge in [-0.1, -0.05) is 26.7 Å². The molecule has 76 valence electrons. The standard InChI is InChI=1S/C10H24P.H2O/c1-5-7-9-11(3,4)10-8-6-2;/h5-10H2,1-4H3;1H2/q+1;/p-1. The molecule has 0 saturated carbocycles. The molecule has 0 spiro atoms. The zero-order chi connectivity index (χ0) is 8.74. The van der Waals surface area contributed by atoms with E-state index in [1.807, 2.05) is 0 Å². The predicted octanol–water partition coefficient (Wildman–Crippen LogP) is 3.69. The highest BCUT2D eigenvalue weighted by atomic mass is 31.2. The van der Waals surface area contributed by atoms with Crippen LogP contribution < -0.4 is 0 Å². The Bertz CT molecular complexity index is 81.8. The molecule has 0 aromatic carbocycles. The van der Waals surface area contributed by atoms with Gasteiger partial charge in [-0.15, -0.1) is 0 Å². The molecule has 2 heteroatoms. The van der Waals surface area contributed by atoms with Crippen molar-refractivity contribution in [2.45, 2.75) is 39.5 Å². The third-order valence-corrected chi connectivity index (χ3v) is 5.29. The predicted molar refractivity (Wildman–Crippen MR) is 60.3 cm³/mol. The second-order valence-corrected chi connectivity index (χ2v) is 8.86. The quantitative estimate of drug-likeness (QED) is 0.590. The van der Waals surface area contributed by atoms with Crippen molar-refractivity contribution in [3.63, 3.8) is 0 Å². The summed E-state index contributed by atoms with van der Waals surface area (Å²) in [6.07, 6.45) is 8.67. The molecule has 1 N–H and O–H groups in total. The molecule has 0 unspecified atom stereocenters. The first-order valence-corrected chi connectivity index (χ1v) is 7.99. The van der Waals surface area contributed by atoms with Gasteiger partial charge in [-0.3, -0.25) is 0 Å². The maximum atomic E-state index is 2.51. The Morgan fingerprint density at radius 1 is 0.833 bits per heavy atom. The maximum Gasteiger partial charge on any atom is 0.0588 e. The molecule has 0 bridgehead atoms. The minimum atomic E-state index is -0.476. The fourth-order valence-corrected chi connectivity index (χ4v) is 3.85. The third kappa shape index (κ3) is 8.49. The van der Waals surface area contributed by atoms with Crippen LogP contribution in [-0.4, -0.2) is 31.1 Å². The SMILES string of the molecule is CCCC[P+](C)(C)CCCC.[OH-]. The van der Waals surface area contributed by atoms with Crippen LogP contribution in [0.1, 0.15) is 39.5 Å². The fraction of sp³-hybridized carbons (Fsp3) is 1.00. The van der Waals surface area contributed by atoms with Gasteiger partial charge in [0.1, 0.15) is 0 Å². The van der Waals surface area contributed by atoms with Crippen LogP contribution in [-0.2, 0) is 0 Å². The Balaban J connectivity index is 0. The highest BCUT2D eigenvalue weighted by Crippen LogP contribution is 2.52. The van der Waals surface area contributed by atoms with E-state index in [4.69, 9.17) is 0 Å². The van der Waals surface area contributed by atoms with Crippen LogP contribution in [0.3, 0.4) is 0 Å². The van der Waals surface area contributed by atoms with Crippen molar-refractivity contribution in [1.29, 1.82) is 0 Å². The van der Waals surface area contributed by atoms with Crippen LogP contribution in [0.25, 0.3) is 0 Å². The topological polar surface area (TPSA) is 30.0 Å². The third-order valence-electron chi connectivity index (χ3n) is 2.23. The summed E-state index contributed by atoms with van der Waals surface area (Å²) in [4.78, 5) is 0. The van der Waals surface area contributed by atoms with Crippen LogP contribution >= 0.6 is 7.26 Å². The van der Waals surface area contributed by atoms with E-state index in [1.54, 1.807) is 0 Å². The zero-order valence-electron chi connectivity index (χ0n) is 9.14. The van der Waals surface area contributed by atoms with Gasteiger partial charge in [0.25, 0.3) is 0 Å². The second-order valence-electron chi connectivity index (χ2n) is 4.09. The lowest BCUT2D eigenvalue weighted by Crippen LogP contribution is -2.00. The molecular formula is C10H25OP. The van der Waals surface area contributed by atoms with Crippen LogP contribution in [0.5, 0.6) is 0 Å². The number of hydrogen-bond donors (Lipinski definition) is 0. The Hall–Kier alpha value is 0.390. The van der Waals surface area contributed by atoms with E-state index < -0.39 is 7.26 Å². The van der Waals surface area contributed by atoms with Crippen LogP contribution in [0.15, 0.2) is 0 Å². The summed E-state index contributed by atoms with van der Waals surface area (Å²) in [7, 11) is -0.476. The Morgan fingerprint density at radius 3 is 1.42 bits per heavy atom. The minimum absolute atomic E-state index is 0. The Morgan fingerprint density at radius 2 is 1.17 bits per heavy atom. The number of rotatable bonds is 6. The average molecular weight is 192 g/mol. The lowest BCUT2D eigenvalue weighted by molar-refractivity contribution is 0.824. The van der Waals surface area contributed by atoms with E-state index in [0.29, 0.717) is 0 Å². The van der Waals surface area contributed by atoms with Crippen LogP contribution in [0.4, 0.5) is 0 Å². The van der Waals surface area contributed by atoms with Crippen molar-refractivity contribution in [3.8, 4) is 0 Å². The summed E-state index contributed by atoms with van der Waals surface area (Å²) in [5.41, 5.74) is 0. The normalized spacial score (nSPS) is 11.0. The monoisotopic (exact) mass is 192 g/mol. The summed E-state index contributed by atoms with van der Waals surface area (Å²) in [5, 5.41) is 0. The first kappa shape index (κ1) is 14.9. The van der Waals surface area contributed by atoms with Crippen molar-refractivity contribution in [3.05, 3.63) is 0 Å². The first-order valence-electron chi connectivity index (χ1n) is 4.94. The molecule has 0 atom stereocenters. The molecule has 0 amide bonds. The molecule has 0 fully saturated rings. The van der Waals surface area contributed by atoms with E-state index in [0.717, 1.165) is 0 Å². The highest BCUT2D eigenvalue weighted by Gasteiger charge is 2.22. The summed E-state index contributed by atoms with van der Waals surface area (Å²) in [5.74, 6) is 0. The van der Waals surface area contributed by atoms with Crippen molar-refractivity contribution in [2.75, 3.05) is 25.7 Å². The smallest absolute Gasteiger partial charge is 0.0588 e. The molecule has 12 heavy (non-hydrogen) atoms. The van der Waals surface area contributed by atoms with Gasteiger partial charge in [0, 0.05) is 20.6 Å². The van der Waals surface area contributed by atoms with Crippen molar-refractivity contribution < 1.29 is 5.48 Å². The molecule has 0 aliphatic heterocycles. The van der Waals surface area contributed by atoms with Gasteiger partial charge in [0.05, 0.1) is 12.3 Å². The maximum absolute atomic E-state index is 2.51. The highest BCUT2D eigenvalue weighted by molar-refractivity contribution is 7.74. The second kappa shape index (κ2) is 8.01. The first-order chi connectivity index (χ1) is 5.12. The largest absolute Gasteiger partial charge is 0.870 e. The molecule has 0 aromatic rings. The van der Waals surface area contributed by atoms with Crippen molar-refractivity contribution in [1.82, 2.24) is 0 Å². The van der Waals surface area contributed by atoms with Gasteiger partial charge in [-0.25, -0.2) is 0 Å². The summed E-state index contributed by atoms with van der Waals surface area (Å²) < 4.78 is 0. The summed E-state index contributed by atoms with van der Waals surface area (Å²) in [6, 6.07) is 0. The molecule has 0 saturated heterocycles. The Kier molecular flexibility index (Phi) is 9.94. The van der Waals surface area contributed by atoms with Gasteiger partial charge < -0.3 is 5.48 Å². The van der Waals surface area contributed by atoms with E-state index >= 15 is 0 Å². The molecule has 0 rings (SSSR count). The van der Waals surface area contributed by atoms with Gasteiger partial charge in [-0.2, -0.15) is 0 Å². The molecular weight excluding hydrogens is 167 g/mol. The number of unbranched alkanes of at least 4 members (excludes halogenated alkanes) is 2. The summed E-state index contributed by atoms with van der Waals surface area (Å²) in [6.45, 7) is 9.61. The molecule has 0 aliphatic rings. The van der Waals surface area contributed by atoms with Crippen LogP contribution in [0.2, 0.25) is 0 Å². The molecule has 0 heterocycles. The van der Waals surface area contributed by atoms with Gasteiger partial charge in [-0.05, 0) is 12.8 Å². The van der Waals surface area contributed by atoms with Gasteiger partial charge in [0.15, 0.2) is 0 Å². The average Bonchev–Trinajstić information content (AvgIpc) is 1.97. The van der Waals surface area contributed by atoms with Crippen LogP contribution in [0, 0.1) is 0 Å². The van der Waals surface area contributed by atoms with E-state index in [-0.39, 0.29) is 5.48 Å². The van der Waals surface area contributed by atoms with E-state index in [9.17, 15) is 0 Å². The Labute approximate surface area is 78.6 Å². The van der Waals surface area contributed by atoms with Gasteiger partial charge >= 0.3 is 0 Å². The van der Waals surface area contributed by atoms with Crippen molar-refractivity contribution >= 4 is 7.26 Å². The van der Waals surface area contributed by atoms with Crippen molar-refractivity contribution in [2.24, 2.45) is 0 Å². The minimum Gasteiger partial charge on any atom is -0.870 e. The lowest BCUT2D eigenvalue weighted by Gasteiger charge is -2.16. The van der Waals surface area contributed by atoms with E-state index in [2.05, 4.69) is 27.2 Å². The molecule has 0 aliphatic carbocycles. The fourth-order valence-electron chi connectivity index (χ4n) is 1.28.